The summed E-state index contributed by atoms with van der Waals surface area (Å²) < 4.78 is 2.21. The summed E-state index contributed by atoms with van der Waals surface area (Å²) in [5.41, 5.74) is 3.89. The van der Waals surface area contributed by atoms with Gasteiger partial charge in [0.15, 0.2) is 0 Å². The van der Waals surface area contributed by atoms with Crippen LogP contribution < -0.4 is 0 Å². The van der Waals surface area contributed by atoms with E-state index in [1.165, 1.54) is 35.0 Å². The predicted octanol–water partition coefficient (Wildman–Crippen LogP) is 3.32. The van der Waals surface area contributed by atoms with Crippen molar-refractivity contribution in [3.8, 4) is 0 Å². The number of fused-ring (bicyclic) bond motifs is 1. The van der Waals surface area contributed by atoms with Crippen LogP contribution in [0.3, 0.4) is 0 Å². The minimum atomic E-state index is 0.883. The van der Waals surface area contributed by atoms with E-state index in [0.29, 0.717) is 0 Å². The zero-order chi connectivity index (χ0) is 11.1. The van der Waals surface area contributed by atoms with Crippen molar-refractivity contribution >= 4 is 10.9 Å². The second kappa shape index (κ2) is 3.62. The quantitative estimate of drug-likeness (QED) is 0.766. The molecule has 0 amide bonds. The molecule has 0 bridgehead atoms. The highest BCUT2D eigenvalue weighted by Gasteiger charge is 2.23. The van der Waals surface area contributed by atoms with Gasteiger partial charge in [-0.1, -0.05) is 18.6 Å². The van der Waals surface area contributed by atoms with Gasteiger partial charge in [0, 0.05) is 11.9 Å². The third-order valence-electron chi connectivity index (χ3n) is 3.45. The second-order valence-electron chi connectivity index (χ2n) is 4.95. The molecule has 1 aromatic carbocycles. The van der Waals surface area contributed by atoms with Crippen LogP contribution in [0.2, 0.25) is 0 Å². The van der Waals surface area contributed by atoms with Crippen molar-refractivity contribution in [1.29, 1.82) is 0 Å². The van der Waals surface area contributed by atoms with Gasteiger partial charge in [0.1, 0.15) is 0 Å². The van der Waals surface area contributed by atoms with Crippen molar-refractivity contribution in [1.82, 2.24) is 9.78 Å². The third kappa shape index (κ3) is 1.62. The summed E-state index contributed by atoms with van der Waals surface area (Å²) in [5, 5.41) is 6.10. The van der Waals surface area contributed by atoms with Crippen LogP contribution >= 0.6 is 0 Å². The Labute approximate surface area is 96.3 Å². The molecule has 3 rings (SSSR count). The Balaban J connectivity index is 2.13. The first-order valence-electron chi connectivity index (χ1n) is 6.24. The molecule has 1 heterocycles. The third-order valence-corrected chi connectivity index (χ3v) is 3.45. The van der Waals surface area contributed by atoms with Gasteiger partial charge < -0.3 is 0 Å². The molecule has 1 aliphatic rings. The predicted molar refractivity (Wildman–Crippen MR) is 66.6 cm³/mol. The van der Waals surface area contributed by atoms with Gasteiger partial charge in [-0.15, -0.1) is 0 Å². The number of hydrogen-bond donors (Lipinski definition) is 0. The molecular weight excluding hydrogens is 196 g/mol. The molecule has 2 aromatic rings. The maximum atomic E-state index is 4.75. The summed E-state index contributed by atoms with van der Waals surface area (Å²) in [4.78, 5) is 0. The fourth-order valence-corrected chi connectivity index (χ4v) is 2.30. The van der Waals surface area contributed by atoms with E-state index in [9.17, 15) is 0 Å². The molecule has 84 valence electrons. The topological polar surface area (TPSA) is 17.8 Å². The number of aromatic nitrogens is 2. The Morgan fingerprint density at radius 3 is 2.88 bits per heavy atom. The Kier molecular flexibility index (Phi) is 2.23. The van der Waals surface area contributed by atoms with Crippen molar-refractivity contribution in [2.24, 2.45) is 5.92 Å². The lowest BCUT2D eigenvalue weighted by molar-refractivity contribution is 0.574. The summed E-state index contributed by atoms with van der Waals surface area (Å²) >= 11 is 0. The second-order valence-corrected chi connectivity index (χ2v) is 4.95. The summed E-state index contributed by atoms with van der Waals surface area (Å²) in [6, 6.07) is 6.68. The maximum absolute atomic E-state index is 4.75. The highest BCUT2D eigenvalue weighted by Crippen LogP contribution is 2.32. The molecule has 16 heavy (non-hydrogen) atoms. The number of rotatable bonds is 3. The van der Waals surface area contributed by atoms with E-state index in [0.717, 1.165) is 18.9 Å². The van der Waals surface area contributed by atoms with Crippen molar-refractivity contribution in [3.05, 3.63) is 29.5 Å². The van der Waals surface area contributed by atoms with Crippen LogP contribution in [0.5, 0.6) is 0 Å². The lowest BCUT2D eigenvalue weighted by Gasteiger charge is -2.01. The van der Waals surface area contributed by atoms with Gasteiger partial charge in [-0.05, 0) is 44.2 Å². The molecule has 0 N–H and O–H groups in total. The van der Waals surface area contributed by atoms with Crippen molar-refractivity contribution < 1.29 is 0 Å². The molecule has 1 aromatic heterocycles. The maximum Gasteiger partial charge on any atom is 0.0700 e. The highest BCUT2D eigenvalue weighted by molar-refractivity contribution is 5.82. The SMILES string of the molecule is CCc1nn(CC2CC2)c2ccc(C)cc12. The van der Waals surface area contributed by atoms with E-state index in [2.05, 4.69) is 36.7 Å². The van der Waals surface area contributed by atoms with Crippen LogP contribution in [-0.4, -0.2) is 9.78 Å². The highest BCUT2D eigenvalue weighted by atomic mass is 15.3. The van der Waals surface area contributed by atoms with Gasteiger partial charge in [-0.2, -0.15) is 5.10 Å². The van der Waals surface area contributed by atoms with E-state index in [1.54, 1.807) is 0 Å². The molecule has 1 saturated carbocycles. The van der Waals surface area contributed by atoms with Crippen molar-refractivity contribution in [2.45, 2.75) is 39.7 Å². The van der Waals surface area contributed by atoms with E-state index in [1.807, 2.05) is 0 Å². The van der Waals surface area contributed by atoms with Gasteiger partial charge in [-0.25, -0.2) is 0 Å². The number of nitrogens with zero attached hydrogens (tertiary/aromatic N) is 2. The fourth-order valence-electron chi connectivity index (χ4n) is 2.30. The molecule has 2 nitrogen and oxygen atoms in total. The minimum Gasteiger partial charge on any atom is -0.264 e. The van der Waals surface area contributed by atoms with Crippen LogP contribution in [0.25, 0.3) is 10.9 Å². The Hall–Kier alpha value is -1.31. The van der Waals surface area contributed by atoms with E-state index < -0.39 is 0 Å². The molecule has 0 atom stereocenters. The lowest BCUT2D eigenvalue weighted by Crippen LogP contribution is -2.01. The molecule has 0 unspecified atom stereocenters. The Bertz CT molecular complexity index is 521. The molecule has 1 fully saturated rings. The first-order chi connectivity index (χ1) is 7.78. The van der Waals surface area contributed by atoms with Crippen LogP contribution in [0.1, 0.15) is 31.0 Å². The Morgan fingerprint density at radius 2 is 2.19 bits per heavy atom. The zero-order valence-corrected chi connectivity index (χ0v) is 10.0. The van der Waals surface area contributed by atoms with Crippen molar-refractivity contribution in [3.63, 3.8) is 0 Å². The van der Waals surface area contributed by atoms with Crippen LogP contribution in [-0.2, 0) is 13.0 Å². The summed E-state index contributed by atoms with van der Waals surface area (Å²) in [5.74, 6) is 0.883. The number of aryl methyl sites for hydroxylation is 2. The summed E-state index contributed by atoms with van der Waals surface area (Å²) in [6.45, 7) is 5.45. The van der Waals surface area contributed by atoms with E-state index in [4.69, 9.17) is 5.10 Å². The van der Waals surface area contributed by atoms with E-state index in [-0.39, 0.29) is 0 Å². The molecule has 2 heteroatoms. The fraction of sp³-hybridized carbons (Fsp3) is 0.500. The average molecular weight is 214 g/mol. The first kappa shape index (κ1) is 9.88. The average Bonchev–Trinajstić information content (AvgIpc) is 3.01. The van der Waals surface area contributed by atoms with Crippen LogP contribution in [0.4, 0.5) is 0 Å². The van der Waals surface area contributed by atoms with Gasteiger partial charge in [0.05, 0.1) is 11.2 Å². The molecule has 0 spiro atoms. The van der Waals surface area contributed by atoms with Crippen LogP contribution in [0.15, 0.2) is 18.2 Å². The minimum absolute atomic E-state index is 0.883. The largest absolute Gasteiger partial charge is 0.264 e. The summed E-state index contributed by atoms with van der Waals surface area (Å²) in [6.07, 6.45) is 3.79. The van der Waals surface area contributed by atoms with Gasteiger partial charge in [-0.3, -0.25) is 4.68 Å². The lowest BCUT2D eigenvalue weighted by atomic mass is 10.1. The standard InChI is InChI=1S/C14H18N2/c1-3-13-12-8-10(2)4-7-14(12)16(15-13)9-11-5-6-11/h4,7-8,11H,3,5-6,9H2,1-2H3. The molecule has 1 aliphatic carbocycles. The van der Waals surface area contributed by atoms with Crippen LogP contribution in [0, 0.1) is 12.8 Å². The first-order valence-corrected chi connectivity index (χ1v) is 6.24. The zero-order valence-electron chi connectivity index (χ0n) is 10.0. The van der Waals surface area contributed by atoms with Gasteiger partial charge in [0.2, 0.25) is 0 Å². The molecule has 0 saturated heterocycles. The Morgan fingerprint density at radius 1 is 1.38 bits per heavy atom. The molecular formula is C14H18N2. The number of hydrogen-bond acceptors (Lipinski definition) is 1. The number of benzene rings is 1. The van der Waals surface area contributed by atoms with Gasteiger partial charge in [0.25, 0.3) is 0 Å². The normalized spacial score (nSPS) is 15.9. The van der Waals surface area contributed by atoms with Crippen molar-refractivity contribution in [2.75, 3.05) is 0 Å². The van der Waals surface area contributed by atoms with E-state index >= 15 is 0 Å². The summed E-state index contributed by atoms with van der Waals surface area (Å²) in [7, 11) is 0. The molecule has 0 aliphatic heterocycles. The molecule has 0 radical (unpaired) electrons. The monoisotopic (exact) mass is 214 g/mol. The van der Waals surface area contributed by atoms with Gasteiger partial charge >= 0.3 is 0 Å². The smallest absolute Gasteiger partial charge is 0.0700 e.